The number of hydrogen-bond donors (Lipinski definition) is 2. The van der Waals surface area contributed by atoms with Crippen molar-refractivity contribution in [3.63, 3.8) is 0 Å². The molecule has 128 valence electrons. The van der Waals surface area contributed by atoms with Gasteiger partial charge in [0.15, 0.2) is 0 Å². The first-order chi connectivity index (χ1) is 11.3. The van der Waals surface area contributed by atoms with Gasteiger partial charge in [-0.2, -0.15) is 0 Å². The van der Waals surface area contributed by atoms with Gasteiger partial charge in [-0.25, -0.2) is 9.78 Å². The highest BCUT2D eigenvalue weighted by Gasteiger charge is 2.12. The van der Waals surface area contributed by atoms with Crippen LogP contribution >= 0.6 is 0 Å². The molecule has 0 aromatic carbocycles. The van der Waals surface area contributed by atoms with Crippen LogP contribution in [0.4, 0.5) is 0 Å². The Labute approximate surface area is 136 Å². The van der Waals surface area contributed by atoms with Crippen molar-refractivity contribution in [2.75, 3.05) is 19.8 Å². The minimum absolute atomic E-state index is 0.261. The zero-order valence-corrected chi connectivity index (χ0v) is 13.4. The van der Waals surface area contributed by atoms with Crippen molar-refractivity contribution in [3.05, 3.63) is 30.0 Å². The van der Waals surface area contributed by atoms with E-state index in [-0.39, 0.29) is 6.61 Å². The molecule has 0 spiro atoms. The quantitative estimate of drug-likeness (QED) is 0.507. The lowest BCUT2D eigenvalue weighted by Gasteiger charge is -2.20. The number of imidazole rings is 1. The van der Waals surface area contributed by atoms with E-state index >= 15 is 0 Å². The highest BCUT2D eigenvalue weighted by molar-refractivity contribution is 5.67. The number of allylic oxidation sites excluding steroid dienone is 2. The average Bonchev–Trinajstić information content (AvgIpc) is 3.06. The second-order valence-electron chi connectivity index (χ2n) is 5.63. The van der Waals surface area contributed by atoms with Gasteiger partial charge in [0.2, 0.25) is 0 Å². The van der Waals surface area contributed by atoms with E-state index in [4.69, 9.17) is 14.7 Å². The fourth-order valence-electron chi connectivity index (χ4n) is 2.59. The van der Waals surface area contributed by atoms with Crippen LogP contribution in [-0.4, -0.2) is 40.4 Å². The number of ether oxygens (including phenoxy) is 1. The fraction of sp³-hybridized carbons (Fsp3) is 0.625. The van der Waals surface area contributed by atoms with Crippen LogP contribution in [0.15, 0.2) is 30.0 Å². The maximum absolute atomic E-state index is 10.3. The second-order valence-corrected chi connectivity index (χ2v) is 5.63. The van der Waals surface area contributed by atoms with Crippen LogP contribution in [0.3, 0.4) is 0 Å². The largest absolute Gasteiger partial charge is 0.480 e. The molecule has 23 heavy (non-hydrogen) atoms. The maximum Gasteiger partial charge on any atom is 0.329 e. The maximum atomic E-state index is 10.3. The molecule has 0 bridgehead atoms. The minimum atomic E-state index is -0.950. The second kappa shape index (κ2) is 10.0. The van der Waals surface area contributed by atoms with E-state index in [1.54, 1.807) is 12.5 Å². The van der Waals surface area contributed by atoms with Crippen LogP contribution in [0.25, 0.3) is 0 Å². The molecule has 1 saturated carbocycles. The van der Waals surface area contributed by atoms with E-state index in [1.165, 1.54) is 24.8 Å². The molecule has 1 aromatic rings. The molecule has 2 N–H and O–H groups in total. The van der Waals surface area contributed by atoms with Gasteiger partial charge in [-0.1, -0.05) is 6.42 Å². The summed E-state index contributed by atoms with van der Waals surface area (Å²) in [5, 5.41) is 8.47. The van der Waals surface area contributed by atoms with Gasteiger partial charge in [-0.15, -0.1) is 0 Å². The molecule has 1 heterocycles. The predicted octanol–water partition coefficient (Wildman–Crippen LogP) is 2.11. The van der Waals surface area contributed by atoms with Crippen molar-refractivity contribution in [3.8, 4) is 0 Å². The van der Waals surface area contributed by atoms with E-state index < -0.39 is 5.97 Å². The van der Waals surface area contributed by atoms with E-state index in [2.05, 4.69) is 10.5 Å². The monoisotopic (exact) mass is 323 g/mol. The number of carboxylic acid groups (broad SMARTS) is 1. The molecular formula is C16H25N3O4. The van der Waals surface area contributed by atoms with Crippen molar-refractivity contribution in [2.45, 2.75) is 45.1 Å². The Bertz CT molecular complexity index is 491. The molecule has 2 rings (SSSR count). The molecule has 1 aliphatic carbocycles. The van der Waals surface area contributed by atoms with Crippen LogP contribution < -0.4 is 5.48 Å². The number of aromatic nitrogens is 2. The summed E-state index contributed by atoms with van der Waals surface area (Å²) in [6.45, 7) is 1.32. The normalized spacial score (nSPS) is 14.7. The average molecular weight is 323 g/mol. The number of nitrogens with zero attached hydrogens (tertiary/aromatic N) is 2. The van der Waals surface area contributed by atoms with Crippen molar-refractivity contribution in [1.29, 1.82) is 0 Å². The Morgan fingerprint density at radius 3 is 2.83 bits per heavy atom. The summed E-state index contributed by atoms with van der Waals surface area (Å²) in [4.78, 5) is 19.9. The number of nitrogens with one attached hydrogen (secondary N) is 1. The Kier molecular flexibility index (Phi) is 7.62. The van der Waals surface area contributed by atoms with Gasteiger partial charge in [-0.3, -0.25) is 10.3 Å². The van der Waals surface area contributed by atoms with Gasteiger partial charge in [0, 0.05) is 19.0 Å². The fourth-order valence-corrected chi connectivity index (χ4v) is 2.59. The minimum Gasteiger partial charge on any atom is -0.480 e. The molecule has 0 aliphatic heterocycles. The highest BCUT2D eigenvalue weighted by Crippen LogP contribution is 2.25. The van der Waals surface area contributed by atoms with Crippen molar-refractivity contribution in [2.24, 2.45) is 0 Å². The molecular weight excluding hydrogens is 298 g/mol. The predicted molar refractivity (Wildman–Crippen MR) is 84.5 cm³/mol. The van der Waals surface area contributed by atoms with Crippen LogP contribution in [0, 0.1) is 0 Å². The lowest BCUT2D eigenvalue weighted by atomic mass is 9.93. The third-order valence-electron chi connectivity index (χ3n) is 3.74. The zero-order valence-electron chi connectivity index (χ0n) is 13.4. The molecule has 1 aromatic heterocycles. The summed E-state index contributed by atoms with van der Waals surface area (Å²) in [7, 11) is 0. The summed E-state index contributed by atoms with van der Waals surface area (Å²) < 4.78 is 6.99. The first-order valence-electron chi connectivity index (χ1n) is 8.09. The Hall–Kier alpha value is -1.86. The summed E-state index contributed by atoms with van der Waals surface area (Å²) in [5.41, 5.74) is 5.62. The van der Waals surface area contributed by atoms with Gasteiger partial charge < -0.3 is 14.4 Å². The molecule has 0 radical (unpaired) electrons. The Morgan fingerprint density at radius 2 is 2.13 bits per heavy atom. The third-order valence-corrected chi connectivity index (χ3v) is 3.74. The first kappa shape index (κ1) is 17.5. The van der Waals surface area contributed by atoms with Crippen LogP contribution in [0.1, 0.15) is 38.5 Å². The first-order valence-corrected chi connectivity index (χ1v) is 8.09. The topological polar surface area (TPSA) is 85.6 Å². The van der Waals surface area contributed by atoms with Gasteiger partial charge in [0.1, 0.15) is 6.61 Å². The van der Waals surface area contributed by atoms with E-state index in [9.17, 15) is 4.79 Å². The molecule has 7 nitrogen and oxygen atoms in total. The molecule has 0 saturated heterocycles. The number of rotatable bonds is 10. The van der Waals surface area contributed by atoms with E-state index in [0.717, 1.165) is 25.1 Å². The summed E-state index contributed by atoms with van der Waals surface area (Å²) in [6, 6.07) is 0. The third kappa shape index (κ3) is 6.83. The molecule has 0 atom stereocenters. The Balaban J connectivity index is 1.75. The van der Waals surface area contributed by atoms with Crippen LogP contribution in [-0.2, 0) is 20.9 Å². The van der Waals surface area contributed by atoms with Gasteiger partial charge in [-0.05, 0) is 37.7 Å². The van der Waals surface area contributed by atoms with Crippen molar-refractivity contribution >= 4 is 5.97 Å². The Morgan fingerprint density at radius 1 is 1.30 bits per heavy atom. The number of hydroxylamine groups is 1. The van der Waals surface area contributed by atoms with Crippen LogP contribution in [0.5, 0.6) is 0 Å². The van der Waals surface area contributed by atoms with Gasteiger partial charge >= 0.3 is 5.97 Å². The molecule has 1 fully saturated rings. The van der Waals surface area contributed by atoms with Crippen molar-refractivity contribution < 1.29 is 19.5 Å². The summed E-state index contributed by atoms with van der Waals surface area (Å²) in [5.74, 6) is -0.950. The summed E-state index contributed by atoms with van der Waals surface area (Å²) >= 11 is 0. The summed E-state index contributed by atoms with van der Waals surface area (Å²) in [6.07, 6.45) is 12.1. The van der Waals surface area contributed by atoms with Crippen molar-refractivity contribution in [1.82, 2.24) is 15.0 Å². The zero-order chi connectivity index (χ0) is 16.3. The standard InChI is InChI=1S/C16H25N3O4/c20-16(21)12-22-9-4-10-23-18-15(11-19-8-7-17-13-19)14-5-2-1-3-6-14/h7-8,13,18H,1-6,9-12H2,(H,20,21). The number of aliphatic carboxylic acids is 1. The van der Waals surface area contributed by atoms with E-state index in [0.29, 0.717) is 19.6 Å². The van der Waals surface area contributed by atoms with Crippen LogP contribution in [0.2, 0.25) is 0 Å². The lowest BCUT2D eigenvalue weighted by Crippen LogP contribution is -2.22. The molecule has 0 amide bonds. The number of carboxylic acids is 1. The van der Waals surface area contributed by atoms with Gasteiger partial charge in [0.25, 0.3) is 0 Å². The molecule has 7 heteroatoms. The highest BCUT2D eigenvalue weighted by atomic mass is 16.6. The smallest absolute Gasteiger partial charge is 0.329 e. The SMILES string of the molecule is O=C(O)COCCCONC(Cn1ccnc1)=C1CCCCC1. The molecule has 1 aliphatic rings. The van der Waals surface area contributed by atoms with Gasteiger partial charge in [0.05, 0.1) is 25.2 Å². The number of carbonyl (C=O) groups is 1. The number of hydrogen-bond acceptors (Lipinski definition) is 5. The molecule has 0 unspecified atom stereocenters. The lowest BCUT2D eigenvalue weighted by molar-refractivity contribution is -0.142. The van der Waals surface area contributed by atoms with E-state index in [1.807, 2.05) is 10.8 Å².